The molecule has 174 valence electrons. The van der Waals surface area contributed by atoms with E-state index in [4.69, 9.17) is 4.74 Å². The van der Waals surface area contributed by atoms with Crippen molar-refractivity contribution in [1.82, 2.24) is 5.32 Å². The van der Waals surface area contributed by atoms with Gasteiger partial charge in [-0.2, -0.15) is 0 Å². The number of nitrogens with one attached hydrogen (secondary N) is 4. The van der Waals surface area contributed by atoms with E-state index < -0.39 is 0 Å². The van der Waals surface area contributed by atoms with E-state index in [2.05, 4.69) is 21.3 Å². The summed E-state index contributed by atoms with van der Waals surface area (Å²) in [6.45, 7) is -0.00652. The van der Waals surface area contributed by atoms with Crippen LogP contribution in [0.1, 0.15) is 33.6 Å². The maximum absolute atomic E-state index is 12.4. The van der Waals surface area contributed by atoms with Gasteiger partial charge in [0, 0.05) is 28.7 Å². The van der Waals surface area contributed by atoms with Gasteiger partial charge in [0.1, 0.15) is 5.75 Å². The van der Waals surface area contributed by atoms with Crippen molar-refractivity contribution in [2.45, 2.75) is 18.9 Å². The first-order valence-corrected chi connectivity index (χ1v) is 11.0. The van der Waals surface area contributed by atoms with Gasteiger partial charge in [-0.05, 0) is 73.5 Å². The van der Waals surface area contributed by atoms with Crippen LogP contribution in [0.2, 0.25) is 0 Å². The Morgan fingerprint density at radius 1 is 0.824 bits per heavy atom. The molecular formula is C26H26N4O4. The molecule has 4 rings (SSSR count). The van der Waals surface area contributed by atoms with Crippen LogP contribution in [0.4, 0.5) is 17.1 Å². The lowest BCUT2D eigenvalue weighted by molar-refractivity contribution is -0.114. The molecule has 0 bridgehead atoms. The summed E-state index contributed by atoms with van der Waals surface area (Å²) < 4.78 is 5.11. The molecular weight excluding hydrogens is 432 g/mol. The molecule has 0 spiro atoms. The molecule has 0 heterocycles. The molecule has 0 aliphatic heterocycles. The van der Waals surface area contributed by atoms with Crippen molar-refractivity contribution in [3.63, 3.8) is 0 Å². The largest absolute Gasteiger partial charge is 0.497 e. The molecule has 3 aromatic carbocycles. The zero-order chi connectivity index (χ0) is 23.9. The van der Waals surface area contributed by atoms with E-state index in [0.717, 1.165) is 12.8 Å². The van der Waals surface area contributed by atoms with Crippen LogP contribution in [0.25, 0.3) is 0 Å². The van der Waals surface area contributed by atoms with Crippen LogP contribution in [0, 0.1) is 0 Å². The number of carbonyl (C=O) groups is 3. The van der Waals surface area contributed by atoms with Crippen molar-refractivity contribution < 1.29 is 19.1 Å². The first-order valence-electron chi connectivity index (χ1n) is 11.0. The lowest BCUT2D eigenvalue weighted by atomic mass is 10.1. The van der Waals surface area contributed by atoms with Crippen LogP contribution >= 0.6 is 0 Å². The number of amides is 3. The molecule has 1 fully saturated rings. The van der Waals surface area contributed by atoms with Gasteiger partial charge in [0.05, 0.1) is 19.2 Å². The highest BCUT2D eigenvalue weighted by Crippen LogP contribution is 2.22. The Hall–Kier alpha value is -4.33. The Morgan fingerprint density at radius 3 is 2.15 bits per heavy atom. The molecule has 3 aromatic rings. The van der Waals surface area contributed by atoms with Crippen LogP contribution in [-0.2, 0) is 4.79 Å². The molecule has 0 radical (unpaired) electrons. The van der Waals surface area contributed by atoms with Gasteiger partial charge in [-0.3, -0.25) is 14.4 Å². The molecule has 3 amide bonds. The van der Waals surface area contributed by atoms with Crippen molar-refractivity contribution in [1.29, 1.82) is 0 Å². The second-order valence-electron chi connectivity index (χ2n) is 7.96. The van der Waals surface area contributed by atoms with Gasteiger partial charge in [0.25, 0.3) is 11.8 Å². The number of benzene rings is 3. The Morgan fingerprint density at radius 2 is 1.47 bits per heavy atom. The molecule has 1 aliphatic rings. The van der Waals surface area contributed by atoms with E-state index in [0.29, 0.717) is 33.9 Å². The maximum Gasteiger partial charge on any atom is 0.255 e. The zero-order valence-corrected chi connectivity index (χ0v) is 18.8. The Bertz CT molecular complexity index is 1170. The fourth-order valence-electron chi connectivity index (χ4n) is 3.29. The van der Waals surface area contributed by atoms with Crippen LogP contribution < -0.4 is 26.0 Å². The first-order chi connectivity index (χ1) is 16.5. The molecule has 4 N–H and O–H groups in total. The van der Waals surface area contributed by atoms with E-state index in [1.807, 2.05) is 6.07 Å². The van der Waals surface area contributed by atoms with Crippen LogP contribution in [0.3, 0.4) is 0 Å². The standard InChI is InChI=1S/C26H26N4O4/c1-34-21-14-12-20(13-15-21)29-25(32)17-6-8-18(9-7-17)28-24(31)16-27-23-5-3-2-4-22(23)26(33)30-19-10-11-19/h2-9,12-15,19,27H,10-11,16H2,1H3,(H,28,31)(H,29,32)(H,30,33). The molecule has 0 saturated heterocycles. The molecule has 0 atom stereocenters. The quantitative estimate of drug-likeness (QED) is 0.389. The van der Waals surface area contributed by atoms with Gasteiger partial charge < -0.3 is 26.0 Å². The number of carbonyl (C=O) groups excluding carboxylic acids is 3. The lowest BCUT2D eigenvalue weighted by Crippen LogP contribution is -2.27. The summed E-state index contributed by atoms with van der Waals surface area (Å²) in [5, 5.41) is 11.6. The van der Waals surface area contributed by atoms with Gasteiger partial charge in [0.2, 0.25) is 5.91 Å². The average Bonchev–Trinajstić information content (AvgIpc) is 3.68. The minimum Gasteiger partial charge on any atom is -0.497 e. The number of para-hydroxylation sites is 1. The Balaban J connectivity index is 1.29. The third-order valence-electron chi connectivity index (χ3n) is 5.30. The van der Waals surface area contributed by atoms with Crippen molar-refractivity contribution >= 4 is 34.8 Å². The van der Waals surface area contributed by atoms with E-state index >= 15 is 0 Å². The number of ether oxygens (including phenoxy) is 1. The normalized spacial score (nSPS) is 12.4. The van der Waals surface area contributed by atoms with E-state index in [9.17, 15) is 14.4 Å². The number of hydrogen-bond acceptors (Lipinski definition) is 5. The third-order valence-corrected chi connectivity index (χ3v) is 5.30. The predicted molar refractivity (Wildman–Crippen MR) is 131 cm³/mol. The highest BCUT2D eigenvalue weighted by Gasteiger charge is 2.24. The Kier molecular flexibility index (Phi) is 7.07. The summed E-state index contributed by atoms with van der Waals surface area (Å²) in [5.41, 5.74) is 2.78. The van der Waals surface area contributed by atoms with Crippen molar-refractivity contribution in [2.24, 2.45) is 0 Å². The summed E-state index contributed by atoms with van der Waals surface area (Å²) in [6.07, 6.45) is 2.01. The SMILES string of the molecule is COc1ccc(NC(=O)c2ccc(NC(=O)CNc3ccccc3C(=O)NC3CC3)cc2)cc1. The summed E-state index contributed by atoms with van der Waals surface area (Å²) in [6, 6.07) is 21.0. The van der Waals surface area contributed by atoms with Crippen LogP contribution in [0.15, 0.2) is 72.8 Å². The van der Waals surface area contributed by atoms with Crippen molar-refractivity contribution in [2.75, 3.05) is 29.6 Å². The van der Waals surface area contributed by atoms with E-state index in [-0.39, 0.29) is 30.3 Å². The second-order valence-corrected chi connectivity index (χ2v) is 7.96. The predicted octanol–water partition coefficient (Wildman–Crippen LogP) is 3.89. The Labute approximate surface area is 197 Å². The highest BCUT2D eigenvalue weighted by atomic mass is 16.5. The summed E-state index contributed by atoms with van der Waals surface area (Å²) in [7, 11) is 1.58. The molecule has 8 heteroatoms. The number of anilines is 3. The number of hydrogen-bond donors (Lipinski definition) is 4. The zero-order valence-electron chi connectivity index (χ0n) is 18.8. The monoisotopic (exact) mass is 458 g/mol. The van der Waals surface area contributed by atoms with Crippen LogP contribution in [0.5, 0.6) is 5.75 Å². The smallest absolute Gasteiger partial charge is 0.255 e. The van der Waals surface area contributed by atoms with Crippen molar-refractivity contribution in [3.8, 4) is 5.75 Å². The van der Waals surface area contributed by atoms with Crippen molar-refractivity contribution in [3.05, 3.63) is 83.9 Å². The summed E-state index contributed by atoms with van der Waals surface area (Å²) in [5.74, 6) is 0.0331. The van der Waals surface area contributed by atoms with Gasteiger partial charge in [0.15, 0.2) is 0 Å². The fraction of sp³-hybridized carbons (Fsp3) is 0.192. The molecule has 0 aromatic heterocycles. The van der Waals surface area contributed by atoms with Gasteiger partial charge in [-0.15, -0.1) is 0 Å². The lowest BCUT2D eigenvalue weighted by Gasteiger charge is -2.12. The summed E-state index contributed by atoms with van der Waals surface area (Å²) >= 11 is 0. The molecule has 1 saturated carbocycles. The van der Waals surface area contributed by atoms with Gasteiger partial charge in [-0.1, -0.05) is 12.1 Å². The van der Waals surface area contributed by atoms with Gasteiger partial charge >= 0.3 is 0 Å². The second kappa shape index (κ2) is 10.5. The number of rotatable bonds is 9. The minimum atomic E-state index is -0.271. The molecule has 0 unspecified atom stereocenters. The highest BCUT2D eigenvalue weighted by molar-refractivity contribution is 6.05. The van der Waals surface area contributed by atoms with E-state index in [1.165, 1.54) is 0 Å². The third kappa shape index (κ3) is 6.13. The first kappa shape index (κ1) is 22.8. The molecule has 1 aliphatic carbocycles. The van der Waals surface area contributed by atoms with E-state index in [1.54, 1.807) is 73.8 Å². The topological polar surface area (TPSA) is 109 Å². The minimum absolute atomic E-state index is 0.00652. The fourth-order valence-corrected chi connectivity index (χ4v) is 3.29. The average molecular weight is 459 g/mol. The molecule has 8 nitrogen and oxygen atoms in total. The maximum atomic E-state index is 12.4. The number of methoxy groups -OCH3 is 1. The van der Waals surface area contributed by atoms with Gasteiger partial charge in [-0.25, -0.2) is 0 Å². The summed E-state index contributed by atoms with van der Waals surface area (Å²) in [4.78, 5) is 37.2. The van der Waals surface area contributed by atoms with Crippen LogP contribution in [-0.4, -0.2) is 37.4 Å². The molecule has 34 heavy (non-hydrogen) atoms.